The number of halogens is 1. The van der Waals surface area contributed by atoms with Crippen LogP contribution < -0.4 is 0 Å². The van der Waals surface area contributed by atoms with Gasteiger partial charge in [-0.15, -0.1) is 0 Å². The van der Waals surface area contributed by atoms with Crippen LogP contribution in [0.2, 0.25) is 5.15 Å². The molecule has 0 saturated carbocycles. The van der Waals surface area contributed by atoms with Crippen LogP contribution in [0.25, 0.3) is 28.0 Å². The first kappa shape index (κ1) is 19.2. The minimum absolute atomic E-state index is 0.395. The molecular formula is C21H21ClN6O2. The zero-order valence-corrected chi connectivity index (χ0v) is 17.7. The molecule has 0 aromatic carbocycles. The molecule has 9 heteroatoms. The van der Waals surface area contributed by atoms with Crippen molar-refractivity contribution in [2.24, 2.45) is 7.05 Å². The summed E-state index contributed by atoms with van der Waals surface area (Å²) < 4.78 is 15.0. The molecule has 0 radical (unpaired) electrons. The predicted molar refractivity (Wildman–Crippen MR) is 113 cm³/mol. The minimum Gasteiger partial charge on any atom is -0.378 e. The molecular weight excluding hydrogens is 404 g/mol. The Balaban J connectivity index is 1.73. The number of pyridine rings is 2. The van der Waals surface area contributed by atoms with Crippen LogP contribution in [0.1, 0.15) is 17.7 Å². The third-order valence-electron chi connectivity index (χ3n) is 5.53. The van der Waals surface area contributed by atoms with Gasteiger partial charge in [-0.3, -0.25) is 4.68 Å². The number of rotatable bonds is 4. The van der Waals surface area contributed by atoms with Crippen molar-refractivity contribution >= 4 is 22.5 Å². The van der Waals surface area contributed by atoms with E-state index in [0.717, 1.165) is 39.8 Å². The third-order valence-corrected chi connectivity index (χ3v) is 5.73. The summed E-state index contributed by atoms with van der Waals surface area (Å²) >= 11 is 6.22. The second kappa shape index (κ2) is 7.16. The van der Waals surface area contributed by atoms with Crippen LogP contribution in [0.15, 0.2) is 36.8 Å². The highest BCUT2D eigenvalue weighted by atomic mass is 35.5. The largest absolute Gasteiger partial charge is 0.378 e. The highest BCUT2D eigenvalue weighted by Gasteiger charge is 2.38. The molecule has 0 unspecified atom stereocenters. The van der Waals surface area contributed by atoms with Crippen molar-refractivity contribution in [3.05, 3.63) is 53.2 Å². The molecule has 1 fully saturated rings. The first-order valence-electron chi connectivity index (χ1n) is 9.65. The molecule has 4 aromatic rings. The van der Waals surface area contributed by atoms with Gasteiger partial charge in [-0.1, -0.05) is 11.6 Å². The van der Waals surface area contributed by atoms with Crippen LogP contribution in [0.5, 0.6) is 0 Å². The van der Waals surface area contributed by atoms with E-state index in [-0.39, 0.29) is 0 Å². The van der Waals surface area contributed by atoms with Gasteiger partial charge in [0.05, 0.1) is 24.0 Å². The molecule has 30 heavy (non-hydrogen) atoms. The van der Waals surface area contributed by atoms with Crippen molar-refractivity contribution in [1.29, 1.82) is 0 Å². The number of hydrogen-bond donors (Lipinski definition) is 0. The van der Waals surface area contributed by atoms with Crippen molar-refractivity contribution in [3.8, 4) is 17.1 Å². The van der Waals surface area contributed by atoms with Gasteiger partial charge < -0.3 is 9.47 Å². The molecule has 5 heterocycles. The number of ether oxygens (including phenoxy) is 2. The maximum Gasteiger partial charge on any atom is 0.154 e. The molecule has 1 aliphatic rings. The topological polar surface area (TPSA) is 79.9 Å². The van der Waals surface area contributed by atoms with E-state index >= 15 is 0 Å². The van der Waals surface area contributed by atoms with Crippen LogP contribution in [-0.4, -0.2) is 49.9 Å². The highest BCUT2D eigenvalue weighted by Crippen LogP contribution is 2.35. The van der Waals surface area contributed by atoms with Crippen molar-refractivity contribution < 1.29 is 9.47 Å². The van der Waals surface area contributed by atoms with Gasteiger partial charge in [-0.05, 0) is 24.6 Å². The van der Waals surface area contributed by atoms with Gasteiger partial charge in [-0.2, -0.15) is 10.2 Å². The number of fused-ring (bicyclic) bond motifs is 1. The quantitative estimate of drug-likeness (QED) is 0.467. The molecule has 5 rings (SSSR count). The Morgan fingerprint density at radius 2 is 2.10 bits per heavy atom. The SMILES string of the molecule is CO[C@@]1(c2cc(C)cc(-n3nc(-c4cnn(C)c4)c4cnc(Cl)cc43)n2)CCOC1. The highest BCUT2D eigenvalue weighted by molar-refractivity contribution is 6.30. The first-order chi connectivity index (χ1) is 14.5. The molecule has 154 valence electrons. The summed E-state index contributed by atoms with van der Waals surface area (Å²) in [7, 11) is 3.58. The fourth-order valence-electron chi connectivity index (χ4n) is 3.92. The molecule has 1 aliphatic heterocycles. The average Bonchev–Trinajstić information content (AvgIpc) is 3.45. The van der Waals surface area contributed by atoms with E-state index < -0.39 is 5.60 Å². The molecule has 0 spiro atoms. The predicted octanol–water partition coefficient (Wildman–Crippen LogP) is 3.44. The van der Waals surface area contributed by atoms with Crippen LogP contribution >= 0.6 is 11.6 Å². The monoisotopic (exact) mass is 424 g/mol. The first-order valence-corrected chi connectivity index (χ1v) is 10.0. The summed E-state index contributed by atoms with van der Waals surface area (Å²) in [4.78, 5) is 9.19. The second-order valence-electron chi connectivity index (χ2n) is 7.58. The molecule has 0 aliphatic carbocycles. The zero-order valence-electron chi connectivity index (χ0n) is 17.0. The number of aromatic nitrogens is 6. The lowest BCUT2D eigenvalue weighted by molar-refractivity contribution is -0.0246. The molecule has 8 nitrogen and oxygen atoms in total. The van der Waals surface area contributed by atoms with Crippen LogP contribution in [-0.2, 0) is 22.1 Å². The minimum atomic E-state index is -0.547. The van der Waals surface area contributed by atoms with Crippen molar-refractivity contribution in [2.45, 2.75) is 18.9 Å². The smallest absolute Gasteiger partial charge is 0.154 e. The van der Waals surface area contributed by atoms with Gasteiger partial charge in [0.2, 0.25) is 0 Å². The number of methoxy groups -OCH3 is 1. The van der Waals surface area contributed by atoms with Gasteiger partial charge >= 0.3 is 0 Å². The molecule has 0 amide bonds. The summed E-state index contributed by atoms with van der Waals surface area (Å²) in [5.74, 6) is 0.690. The lowest BCUT2D eigenvalue weighted by Gasteiger charge is -2.26. The van der Waals surface area contributed by atoms with E-state index in [9.17, 15) is 0 Å². The van der Waals surface area contributed by atoms with E-state index in [4.69, 9.17) is 31.2 Å². The lowest BCUT2D eigenvalue weighted by atomic mass is 9.97. The van der Waals surface area contributed by atoms with Crippen LogP contribution in [0, 0.1) is 6.92 Å². The Morgan fingerprint density at radius 1 is 1.23 bits per heavy atom. The number of hydrogen-bond acceptors (Lipinski definition) is 6. The van der Waals surface area contributed by atoms with Gasteiger partial charge in [0.1, 0.15) is 16.4 Å². The fourth-order valence-corrected chi connectivity index (χ4v) is 4.07. The van der Waals surface area contributed by atoms with E-state index in [2.05, 4.69) is 10.1 Å². The normalized spacial score (nSPS) is 19.1. The van der Waals surface area contributed by atoms with Gasteiger partial charge in [0, 0.05) is 56.6 Å². The summed E-state index contributed by atoms with van der Waals surface area (Å²) in [6.07, 6.45) is 6.20. The van der Waals surface area contributed by atoms with Crippen LogP contribution in [0.3, 0.4) is 0 Å². The number of nitrogens with zero attached hydrogens (tertiary/aromatic N) is 6. The maximum atomic E-state index is 6.22. The van der Waals surface area contributed by atoms with Crippen LogP contribution in [0.4, 0.5) is 0 Å². The molecule has 0 N–H and O–H groups in total. The van der Waals surface area contributed by atoms with E-state index in [1.54, 1.807) is 34.9 Å². The van der Waals surface area contributed by atoms with E-state index in [0.29, 0.717) is 24.2 Å². The average molecular weight is 425 g/mol. The summed E-state index contributed by atoms with van der Waals surface area (Å²) in [5, 5.41) is 10.4. The summed E-state index contributed by atoms with van der Waals surface area (Å²) in [5.41, 5.74) is 3.85. The second-order valence-corrected chi connectivity index (χ2v) is 7.96. The summed E-state index contributed by atoms with van der Waals surface area (Å²) in [6, 6.07) is 5.85. The lowest BCUT2D eigenvalue weighted by Crippen LogP contribution is -2.30. The Labute approximate surface area is 178 Å². The van der Waals surface area contributed by atoms with E-state index in [1.807, 2.05) is 32.3 Å². The van der Waals surface area contributed by atoms with Gasteiger partial charge in [-0.25, -0.2) is 14.6 Å². The molecule has 0 bridgehead atoms. The third kappa shape index (κ3) is 3.08. The van der Waals surface area contributed by atoms with Crippen molar-refractivity contribution in [1.82, 2.24) is 29.5 Å². The Morgan fingerprint density at radius 3 is 2.80 bits per heavy atom. The standard InChI is InChI=1S/C21H21ClN6O2/c1-13-6-17(21(29-3)4-5-30-12-21)25-19(7-13)28-16-8-18(22)23-10-15(16)20(26-28)14-9-24-27(2)11-14/h6-11H,4-5,12H2,1-3H3/t21-/m0/s1. The Hall–Kier alpha value is -2.81. The Bertz CT molecular complexity index is 1240. The van der Waals surface area contributed by atoms with Gasteiger partial charge in [0.25, 0.3) is 0 Å². The number of aryl methyl sites for hydroxylation is 2. The Kier molecular flexibility index (Phi) is 4.57. The molecule has 1 atom stereocenters. The fraction of sp³-hybridized carbons (Fsp3) is 0.333. The molecule has 1 saturated heterocycles. The van der Waals surface area contributed by atoms with E-state index in [1.165, 1.54) is 0 Å². The van der Waals surface area contributed by atoms with Gasteiger partial charge in [0.15, 0.2) is 5.82 Å². The molecule has 4 aromatic heterocycles. The zero-order chi connectivity index (χ0) is 20.9. The maximum absolute atomic E-state index is 6.22. The van der Waals surface area contributed by atoms with Crippen molar-refractivity contribution in [2.75, 3.05) is 20.3 Å². The van der Waals surface area contributed by atoms with Crippen molar-refractivity contribution in [3.63, 3.8) is 0 Å². The summed E-state index contributed by atoms with van der Waals surface area (Å²) in [6.45, 7) is 3.17.